The van der Waals surface area contributed by atoms with Crippen LogP contribution in [0.3, 0.4) is 0 Å². The molecule has 0 radical (unpaired) electrons. The summed E-state index contributed by atoms with van der Waals surface area (Å²) in [6.45, 7) is -1.82. The van der Waals surface area contributed by atoms with Crippen LogP contribution in [0.4, 0.5) is 0 Å². The van der Waals surface area contributed by atoms with E-state index in [1.165, 1.54) is 0 Å². The predicted molar refractivity (Wildman–Crippen MR) is 86.6 cm³/mol. The molecule has 4 rings (SSSR count). The van der Waals surface area contributed by atoms with Crippen LogP contribution in [0.15, 0.2) is 39.4 Å². The van der Waals surface area contributed by atoms with E-state index in [-0.39, 0.29) is 23.4 Å². The van der Waals surface area contributed by atoms with Crippen molar-refractivity contribution < 1.29 is 13.4 Å². The topological polar surface area (TPSA) is 68.3 Å². The molecule has 2 heterocycles. The lowest BCUT2D eigenvalue weighted by atomic mass is 9.93. The van der Waals surface area contributed by atoms with E-state index < -0.39 is 6.85 Å². The molecule has 0 unspecified atom stereocenters. The zero-order chi connectivity index (χ0) is 18.3. The number of ketones is 1. The Kier molecular flexibility index (Phi) is 2.68. The van der Waals surface area contributed by atoms with Gasteiger partial charge in [-0.2, -0.15) is 4.98 Å². The Morgan fingerprint density at radius 1 is 1.48 bits per heavy atom. The molecule has 0 fully saturated rings. The predicted octanol–water partition coefficient (Wildman–Crippen LogP) is 3.04. The molecule has 0 bridgehead atoms. The highest BCUT2D eigenvalue weighted by molar-refractivity contribution is 6.14. The number of allylic oxidation sites excluding steroid dienone is 1. The fraction of sp³-hybridized carbons (Fsp3) is 0.333. The molecule has 0 saturated heterocycles. The van der Waals surface area contributed by atoms with E-state index in [9.17, 15) is 4.79 Å². The Hall–Kier alpha value is -2.56. The van der Waals surface area contributed by atoms with Crippen molar-refractivity contribution >= 4 is 12.0 Å². The van der Waals surface area contributed by atoms with Crippen molar-refractivity contribution in [3.05, 3.63) is 46.9 Å². The van der Waals surface area contributed by atoms with Gasteiger partial charge < -0.3 is 4.52 Å². The zero-order valence-corrected chi connectivity index (χ0v) is 12.5. The molecular weight excluding hydrogens is 290 g/mol. The Morgan fingerprint density at radius 3 is 3.22 bits per heavy atom. The summed E-state index contributed by atoms with van der Waals surface area (Å²) < 4.78 is 26.8. The van der Waals surface area contributed by atoms with Crippen molar-refractivity contribution in [2.75, 3.05) is 6.54 Å². The van der Waals surface area contributed by atoms with Crippen LogP contribution in [0.5, 0.6) is 0 Å². The minimum absolute atomic E-state index is 0.133. The van der Waals surface area contributed by atoms with Gasteiger partial charge in [0.25, 0.3) is 0 Å². The van der Waals surface area contributed by atoms with Crippen LogP contribution in [0.25, 0.3) is 11.4 Å². The van der Waals surface area contributed by atoms with E-state index in [2.05, 4.69) is 15.1 Å². The molecule has 5 nitrogen and oxygen atoms in total. The number of fused-ring (bicyclic) bond motifs is 1. The molecule has 0 saturated carbocycles. The van der Waals surface area contributed by atoms with Gasteiger partial charge in [-0.05, 0) is 36.0 Å². The minimum Gasteiger partial charge on any atom is -0.339 e. The fourth-order valence-corrected chi connectivity index (χ4v) is 3.28. The average Bonchev–Trinajstić information content (AvgIpc) is 3.34. The van der Waals surface area contributed by atoms with E-state index in [0.717, 1.165) is 29.5 Å². The third-order valence-electron chi connectivity index (χ3n) is 4.43. The van der Waals surface area contributed by atoms with Gasteiger partial charge in [-0.15, -0.1) is 0 Å². The van der Waals surface area contributed by atoms with Crippen LogP contribution >= 0.6 is 0 Å². The number of carbonyl (C=O) groups is 1. The highest BCUT2D eigenvalue weighted by Crippen LogP contribution is 2.37. The third kappa shape index (κ3) is 2.63. The zero-order valence-electron chi connectivity index (χ0n) is 15.5. The Labute approximate surface area is 138 Å². The molecule has 0 amide bonds. The Balaban J connectivity index is 1.54. The summed E-state index contributed by atoms with van der Waals surface area (Å²) >= 11 is 0. The molecule has 1 atom stereocenters. The van der Waals surface area contributed by atoms with Crippen LogP contribution in [-0.2, 0) is 11.2 Å². The second-order valence-corrected chi connectivity index (χ2v) is 5.85. The van der Waals surface area contributed by atoms with Gasteiger partial charge >= 0.3 is 0 Å². The number of benzene rings is 1. The number of rotatable bonds is 4. The monoisotopic (exact) mass is 310 g/mol. The summed E-state index contributed by atoms with van der Waals surface area (Å²) in [5.74, 6) is 0.243. The van der Waals surface area contributed by atoms with E-state index in [1.807, 2.05) is 24.3 Å². The number of hydrogen-bond acceptors (Lipinski definition) is 5. The second-order valence-electron chi connectivity index (χ2n) is 5.85. The number of hydrogen-bond donors (Lipinski definition) is 0. The van der Waals surface area contributed by atoms with Crippen molar-refractivity contribution in [2.45, 2.75) is 32.0 Å². The van der Waals surface area contributed by atoms with E-state index in [1.54, 1.807) is 6.21 Å². The maximum absolute atomic E-state index is 12.4. The lowest BCUT2D eigenvalue weighted by molar-refractivity contribution is -0.115. The smallest absolute Gasteiger partial charge is 0.223 e. The molecule has 2 aromatic rings. The third-order valence-corrected chi connectivity index (χ3v) is 4.43. The van der Waals surface area contributed by atoms with E-state index >= 15 is 0 Å². The molecule has 0 spiro atoms. The molecule has 116 valence electrons. The van der Waals surface area contributed by atoms with Crippen LogP contribution in [-0.4, -0.2) is 28.7 Å². The maximum Gasteiger partial charge on any atom is 0.223 e. The van der Waals surface area contributed by atoms with E-state index in [0.29, 0.717) is 18.5 Å². The highest BCUT2D eigenvalue weighted by atomic mass is 16.5. The van der Waals surface area contributed by atoms with Crippen molar-refractivity contribution in [2.24, 2.45) is 4.99 Å². The van der Waals surface area contributed by atoms with E-state index in [4.69, 9.17) is 8.64 Å². The minimum atomic E-state index is -2.41. The summed E-state index contributed by atoms with van der Waals surface area (Å²) in [6, 6.07) is 5.80. The molecule has 1 aromatic heterocycles. The molecule has 23 heavy (non-hydrogen) atoms. The summed E-state index contributed by atoms with van der Waals surface area (Å²) in [5.41, 5.74) is 3.74. The molecule has 5 heteroatoms. The van der Waals surface area contributed by atoms with Crippen LogP contribution in [0, 0.1) is 6.85 Å². The van der Waals surface area contributed by atoms with Crippen molar-refractivity contribution in [1.29, 1.82) is 0 Å². The Bertz CT molecular complexity index is 928. The largest absolute Gasteiger partial charge is 0.339 e. The first-order chi connectivity index (χ1) is 12.4. The number of aromatic nitrogens is 2. The van der Waals surface area contributed by atoms with Gasteiger partial charge in [-0.3, -0.25) is 9.79 Å². The van der Waals surface area contributed by atoms with Crippen molar-refractivity contribution in [1.82, 2.24) is 10.1 Å². The number of carbonyl (C=O) groups excluding carboxylic acids is 1. The van der Waals surface area contributed by atoms with Gasteiger partial charge in [-0.1, -0.05) is 23.4 Å². The normalized spacial score (nSPS) is 21.5. The van der Waals surface area contributed by atoms with Gasteiger partial charge in [0, 0.05) is 34.7 Å². The standard InChI is InChI=1S/C18H17N3O2/c1-11-20-18(21-23-11)14-4-5-16-12(8-14)2-3-13(16)9-17(22)15-6-7-19-10-15/h4-6,8,10,13H,2-3,7,9H2,1H3/t13-/m0/s1/i1D3. The van der Waals surface area contributed by atoms with Crippen molar-refractivity contribution in [3.63, 3.8) is 0 Å². The SMILES string of the molecule is [2H]C([2H])([2H])c1nc(-c2ccc3c(c2)CC[C@H]3CC(=O)C2=CCN=C2)no1. The maximum atomic E-state index is 12.4. The average molecular weight is 310 g/mol. The van der Waals surface area contributed by atoms with Crippen molar-refractivity contribution in [3.8, 4) is 11.4 Å². The lowest BCUT2D eigenvalue weighted by Gasteiger charge is -2.11. The van der Waals surface area contributed by atoms with Gasteiger partial charge in [0.05, 0.1) is 6.54 Å². The molecule has 1 aliphatic carbocycles. The van der Waals surface area contributed by atoms with Gasteiger partial charge in [0.1, 0.15) is 0 Å². The van der Waals surface area contributed by atoms with Crippen LogP contribution in [0.1, 0.15) is 39.9 Å². The van der Waals surface area contributed by atoms with Crippen LogP contribution < -0.4 is 0 Å². The summed E-state index contributed by atoms with van der Waals surface area (Å²) in [4.78, 5) is 20.4. The molecule has 1 aromatic carbocycles. The molecule has 0 N–H and O–H groups in total. The van der Waals surface area contributed by atoms with Gasteiger partial charge in [0.2, 0.25) is 11.7 Å². The summed E-state index contributed by atoms with van der Waals surface area (Å²) in [7, 11) is 0. The number of Topliss-reactive ketones (excluding diaryl/α,β-unsaturated/α-hetero) is 1. The van der Waals surface area contributed by atoms with Gasteiger partial charge in [-0.25, -0.2) is 0 Å². The highest BCUT2D eigenvalue weighted by Gasteiger charge is 2.26. The first-order valence-corrected chi connectivity index (χ1v) is 7.62. The lowest BCUT2D eigenvalue weighted by Crippen LogP contribution is -2.07. The number of aryl methyl sites for hydroxylation is 2. The summed E-state index contributed by atoms with van der Waals surface area (Å²) in [6.07, 6.45) is 5.79. The number of nitrogens with zero attached hydrogens (tertiary/aromatic N) is 3. The summed E-state index contributed by atoms with van der Waals surface area (Å²) in [5, 5.41) is 3.78. The quantitative estimate of drug-likeness (QED) is 0.870. The molecular formula is C18H17N3O2. The first-order valence-electron chi connectivity index (χ1n) is 9.12. The van der Waals surface area contributed by atoms with Crippen LogP contribution in [0.2, 0.25) is 0 Å². The molecule has 1 aliphatic heterocycles. The molecule has 2 aliphatic rings. The Morgan fingerprint density at radius 2 is 2.43 bits per heavy atom. The second kappa shape index (κ2) is 5.57. The fourth-order valence-electron chi connectivity index (χ4n) is 3.28. The first kappa shape index (κ1) is 11.0. The van der Waals surface area contributed by atoms with Gasteiger partial charge in [0.15, 0.2) is 5.78 Å². The number of aliphatic imine (C=N–C) groups is 1.